The number of hydrogen-bond donors (Lipinski definition) is 1. The van der Waals surface area contributed by atoms with Gasteiger partial charge in [0.15, 0.2) is 0 Å². The highest BCUT2D eigenvalue weighted by Crippen LogP contribution is 2.15. The second-order valence-electron chi connectivity index (χ2n) is 5.33. The molecule has 9 heteroatoms. The number of imidazole rings is 1. The number of nitrogens with one attached hydrogen (secondary N) is 1. The van der Waals surface area contributed by atoms with E-state index in [0.29, 0.717) is 11.4 Å². The number of amides is 1. The van der Waals surface area contributed by atoms with Crippen molar-refractivity contribution < 1.29 is 4.79 Å². The van der Waals surface area contributed by atoms with E-state index >= 15 is 0 Å². The van der Waals surface area contributed by atoms with Crippen molar-refractivity contribution in [2.75, 3.05) is 0 Å². The lowest BCUT2D eigenvalue weighted by Crippen LogP contribution is -2.35. The minimum absolute atomic E-state index is 0.0667. The maximum atomic E-state index is 12.2. The highest BCUT2D eigenvalue weighted by Gasteiger charge is 2.15. The second kappa shape index (κ2) is 5.92. The molecule has 0 aromatic carbocycles. The molecule has 120 valence electrons. The van der Waals surface area contributed by atoms with E-state index in [1.165, 1.54) is 15.9 Å². The Balaban J connectivity index is 1.72. The van der Waals surface area contributed by atoms with Crippen molar-refractivity contribution in [1.29, 1.82) is 0 Å². The Bertz CT molecular complexity index is 896. The van der Waals surface area contributed by atoms with Crippen LogP contribution in [0.2, 0.25) is 0 Å². The number of rotatable bonds is 4. The lowest BCUT2D eigenvalue weighted by Gasteiger charge is -2.13. The van der Waals surface area contributed by atoms with Crippen molar-refractivity contribution >= 4 is 22.2 Å². The summed E-state index contributed by atoms with van der Waals surface area (Å²) in [4.78, 5) is 33.1. The average Bonchev–Trinajstić information content (AvgIpc) is 3.03. The normalized spacial score (nSPS) is 12.5. The molecule has 0 saturated heterocycles. The zero-order chi connectivity index (χ0) is 16.6. The third-order valence-electron chi connectivity index (χ3n) is 3.47. The Morgan fingerprint density at radius 3 is 2.87 bits per heavy atom. The van der Waals surface area contributed by atoms with Gasteiger partial charge in [0.05, 0.1) is 17.9 Å². The number of carbonyl (C=O) groups excluding carboxylic acids is 1. The molecule has 0 saturated carbocycles. The highest BCUT2D eigenvalue weighted by molar-refractivity contribution is 7.14. The molecule has 3 heterocycles. The van der Waals surface area contributed by atoms with Gasteiger partial charge in [0.25, 0.3) is 0 Å². The first kappa shape index (κ1) is 15.3. The summed E-state index contributed by atoms with van der Waals surface area (Å²) in [5, 5.41) is 6.95. The molecule has 1 atom stereocenters. The monoisotopic (exact) mass is 332 g/mol. The van der Waals surface area contributed by atoms with Crippen molar-refractivity contribution in [1.82, 2.24) is 29.5 Å². The van der Waals surface area contributed by atoms with Gasteiger partial charge in [0, 0.05) is 11.4 Å². The first-order valence-corrected chi connectivity index (χ1v) is 7.95. The van der Waals surface area contributed by atoms with Crippen molar-refractivity contribution in [3.8, 4) is 0 Å². The van der Waals surface area contributed by atoms with Crippen molar-refractivity contribution in [2.24, 2.45) is 0 Å². The van der Waals surface area contributed by atoms with Gasteiger partial charge in [-0.1, -0.05) is 11.3 Å². The van der Waals surface area contributed by atoms with Crippen LogP contribution in [0.3, 0.4) is 0 Å². The predicted molar refractivity (Wildman–Crippen MR) is 85.4 cm³/mol. The van der Waals surface area contributed by atoms with Crippen molar-refractivity contribution in [2.45, 2.75) is 33.4 Å². The summed E-state index contributed by atoms with van der Waals surface area (Å²) in [5.41, 5.74) is 3.36. The van der Waals surface area contributed by atoms with E-state index in [-0.39, 0.29) is 18.5 Å². The van der Waals surface area contributed by atoms with Gasteiger partial charge in [-0.25, -0.2) is 14.3 Å². The molecule has 0 radical (unpaired) electrons. The van der Waals surface area contributed by atoms with Gasteiger partial charge in [-0.3, -0.25) is 9.36 Å². The zero-order valence-electron chi connectivity index (χ0n) is 13.0. The largest absolute Gasteiger partial charge is 0.348 e. The number of carbonyl (C=O) groups is 1. The third-order valence-corrected chi connectivity index (χ3v) is 4.16. The van der Waals surface area contributed by atoms with E-state index in [2.05, 4.69) is 20.4 Å². The lowest BCUT2D eigenvalue weighted by molar-refractivity contribution is -0.122. The Morgan fingerprint density at radius 1 is 1.39 bits per heavy atom. The molecule has 0 bridgehead atoms. The minimum Gasteiger partial charge on any atom is -0.346 e. The van der Waals surface area contributed by atoms with Crippen LogP contribution < -0.4 is 11.0 Å². The summed E-state index contributed by atoms with van der Waals surface area (Å²) in [6.07, 6.45) is 1.78. The van der Waals surface area contributed by atoms with Gasteiger partial charge in [-0.15, -0.1) is 0 Å². The molecule has 0 aliphatic rings. The van der Waals surface area contributed by atoms with Gasteiger partial charge >= 0.3 is 5.69 Å². The molecular weight excluding hydrogens is 316 g/mol. The molecule has 0 spiro atoms. The zero-order valence-corrected chi connectivity index (χ0v) is 13.8. The van der Waals surface area contributed by atoms with Crippen molar-refractivity contribution in [3.05, 3.63) is 45.3 Å². The van der Waals surface area contributed by atoms with Crippen LogP contribution in [0.25, 0.3) is 4.96 Å². The van der Waals surface area contributed by atoms with Crippen LogP contribution in [-0.4, -0.2) is 30.1 Å². The second-order valence-corrected chi connectivity index (χ2v) is 6.14. The van der Waals surface area contributed by atoms with E-state index in [0.717, 1.165) is 10.7 Å². The maximum absolute atomic E-state index is 12.2. The highest BCUT2D eigenvalue weighted by atomic mass is 32.1. The fourth-order valence-corrected chi connectivity index (χ4v) is 2.94. The van der Waals surface area contributed by atoms with E-state index in [1.54, 1.807) is 36.1 Å². The van der Waals surface area contributed by atoms with Crippen LogP contribution in [0, 0.1) is 13.8 Å². The van der Waals surface area contributed by atoms with Gasteiger partial charge < -0.3 is 5.32 Å². The van der Waals surface area contributed by atoms with Crippen molar-refractivity contribution in [3.63, 3.8) is 0 Å². The van der Waals surface area contributed by atoms with Gasteiger partial charge in [-0.05, 0) is 26.8 Å². The Morgan fingerprint density at radius 2 is 2.17 bits per heavy atom. The Labute approximate surface area is 135 Å². The van der Waals surface area contributed by atoms with Crippen LogP contribution in [-0.2, 0) is 11.3 Å². The van der Waals surface area contributed by atoms with Gasteiger partial charge in [0.2, 0.25) is 10.9 Å². The third kappa shape index (κ3) is 3.14. The van der Waals surface area contributed by atoms with Crippen LogP contribution in [0.5, 0.6) is 0 Å². The first-order valence-electron chi connectivity index (χ1n) is 7.07. The molecule has 1 unspecified atom stereocenters. The number of aryl methyl sites for hydroxylation is 2. The van der Waals surface area contributed by atoms with Crippen LogP contribution >= 0.6 is 11.3 Å². The lowest BCUT2D eigenvalue weighted by atomic mass is 10.2. The molecule has 0 aliphatic carbocycles. The first-order chi connectivity index (χ1) is 10.9. The summed E-state index contributed by atoms with van der Waals surface area (Å²) >= 11 is 1.43. The molecule has 8 nitrogen and oxygen atoms in total. The SMILES string of the molecule is Cc1cc(C)n(CC(=O)NC(C)c2cn3ncsc3n2)c(=O)n1. The van der Waals surface area contributed by atoms with E-state index < -0.39 is 5.69 Å². The summed E-state index contributed by atoms with van der Waals surface area (Å²) in [7, 11) is 0. The molecular formula is C14H16N6O2S. The maximum Gasteiger partial charge on any atom is 0.348 e. The fraction of sp³-hybridized carbons (Fsp3) is 0.357. The number of aromatic nitrogens is 5. The molecule has 23 heavy (non-hydrogen) atoms. The number of fused-ring (bicyclic) bond motifs is 1. The summed E-state index contributed by atoms with van der Waals surface area (Å²) in [6.45, 7) is 5.30. The topological polar surface area (TPSA) is 94.2 Å². The van der Waals surface area contributed by atoms with E-state index in [9.17, 15) is 9.59 Å². The molecule has 0 aliphatic heterocycles. The minimum atomic E-state index is -0.419. The average molecular weight is 332 g/mol. The molecule has 3 aromatic rings. The molecule has 1 amide bonds. The number of hydrogen-bond acceptors (Lipinski definition) is 6. The van der Waals surface area contributed by atoms with Crippen LogP contribution in [0.1, 0.15) is 30.0 Å². The summed E-state index contributed by atoms with van der Waals surface area (Å²) in [6, 6.07) is 1.50. The Hall–Kier alpha value is -2.55. The summed E-state index contributed by atoms with van der Waals surface area (Å²) < 4.78 is 3.02. The molecule has 1 N–H and O–H groups in total. The predicted octanol–water partition coefficient (Wildman–Crippen LogP) is 0.842. The van der Waals surface area contributed by atoms with E-state index in [1.807, 2.05) is 6.92 Å². The summed E-state index contributed by atoms with van der Waals surface area (Å²) in [5.74, 6) is -0.266. The molecule has 3 rings (SSSR count). The van der Waals surface area contributed by atoms with Crippen LogP contribution in [0.4, 0.5) is 0 Å². The quantitative estimate of drug-likeness (QED) is 0.764. The molecule has 3 aromatic heterocycles. The van der Waals surface area contributed by atoms with E-state index in [4.69, 9.17) is 0 Å². The van der Waals surface area contributed by atoms with Gasteiger partial charge in [0.1, 0.15) is 12.1 Å². The van der Waals surface area contributed by atoms with Gasteiger partial charge in [-0.2, -0.15) is 10.1 Å². The fourth-order valence-electron chi connectivity index (χ4n) is 2.34. The molecule has 0 fully saturated rings. The Kier molecular flexibility index (Phi) is 3.95. The standard InChI is InChI=1S/C14H16N6O2S/c1-8-4-9(2)19(13(22)16-8)6-12(21)17-10(3)11-5-20-14(18-11)23-7-15-20/h4-5,7,10H,6H2,1-3H3,(H,17,21). The number of nitrogens with zero attached hydrogens (tertiary/aromatic N) is 5. The smallest absolute Gasteiger partial charge is 0.346 e. The van der Waals surface area contributed by atoms with Crippen LogP contribution in [0.15, 0.2) is 22.6 Å².